The van der Waals surface area contributed by atoms with Crippen LogP contribution in [0.3, 0.4) is 0 Å². The third-order valence-corrected chi connectivity index (χ3v) is 7.23. The van der Waals surface area contributed by atoms with E-state index in [4.69, 9.17) is 19.8 Å². The van der Waals surface area contributed by atoms with Gasteiger partial charge in [0, 0.05) is 41.1 Å². The molecule has 0 spiro atoms. The summed E-state index contributed by atoms with van der Waals surface area (Å²) >= 11 is 3.61. The summed E-state index contributed by atoms with van der Waals surface area (Å²) in [4.78, 5) is 27.1. The van der Waals surface area contributed by atoms with Gasteiger partial charge in [-0.25, -0.2) is 9.97 Å². The molecule has 9 nitrogen and oxygen atoms in total. The molecule has 4 aromatic rings. The number of nitrogens with one attached hydrogen (secondary N) is 1. The molecule has 182 valence electrons. The van der Waals surface area contributed by atoms with Crippen molar-refractivity contribution < 1.29 is 9.53 Å². The lowest BCUT2D eigenvalue weighted by Gasteiger charge is -2.38. The van der Waals surface area contributed by atoms with Crippen molar-refractivity contribution in [3.8, 4) is 17.1 Å². The SMILES string of the molecule is COc1ccc(-c2nc3c4cccc(Br)c4nc(N[C@H](C)C(=O)N4CCN(C)[C@H](C)C4)n3n2)cc1. The Hall–Kier alpha value is -3.24. The molecule has 2 atom stereocenters. The maximum absolute atomic E-state index is 13.3. The lowest BCUT2D eigenvalue weighted by atomic mass is 10.2. The van der Waals surface area contributed by atoms with Gasteiger partial charge in [-0.1, -0.05) is 6.07 Å². The van der Waals surface area contributed by atoms with Crippen LogP contribution in [0.5, 0.6) is 5.75 Å². The van der Waals surface area contributed by atoms with Gasteiger partial charge in [0.25, 0.3) is 0 Å². The summed E-state index contributed by atoms with van der Waals surface area (Å²) in [5.74, 6) is 1.84. The van der Waals surface area contributed by atoms with Gasteiger partial charge >= 0.3 is 0 Å². The molecule has 2 aromatic heterocycles. The smallest absolute Gasteiger partial charge is 0.244 e. The van der Waals surface area contributed by atoms with Crippen molar-refractivity contribution in [3.05, 3.63) is 46.9 Å². The monoisotopic (exact) mass is 537 g/mol. The fourth-order valence-corrected chi connectivity index (χ4v) is 4.79. The maximum Gasteiger partial charge on any atom is 0.244 e. The normalized spacial score (nSPS) is 17.6. The van der Waals surface area contributed by atoms with Crippen LogP contribution in [0.4, 0.5) is 5.95 Å². The maximum atomic E-state index is 13.3. The molecule has 1 aliphatic heterocycles. The molecule has 0 unspecified atom stereocenters. The van der Waals surface area contributed by atoms with Crippen molar-refractivity contribution in [2.75, 3.05) is 39.1 Å². The van der Waals surface area contributed by atoms with Gasteiger partial charge in [-0.05, 0) is 73.2 Å². The predicted molar refractivity (Wildman–Crippen MR) is 140 cm³/mol. The highest BCUT2D eigenvalue weighted by Gasteiger charge is 2.28. The summed E-state index contributed by atoms with van der Waals surface area (Å²) in [5.41, 5.74) is 2.28. The molecule has 1 aliphatic rings. The summed E-state index contributed by atoms with van der Waals surface area (Å²) in [7, 11) is 3.73. The van der Waals surface area contributed by atoms with Crippen LogP contribution < -0.4 is 10.1 Å². The number of halogens is 1. The second-order valence-electron chi connectivity index (χ2n) is 8.95. The zero-order valence-electron chi connectivity index (χ0n) is 20.2. The van der Waals surface area contributed by atoms with Crippen molar-refractivity contribution >= 4 is 44.3 Å². The first-order valence-corrected chi connectivity index (χ1v) is 12.4. The van der Waals surface area contributed by atoms with E-state index >= 15 is 0 Å². The van der Waals surface area contributed by atoms with Gasteiger partial charge in [-0.2, -0.15) is 4.52 Å². The second-order valence-corrected chi connectivity index (χ2v) is 9.80. The Morgan fingerprint density at radius 2 is 1.94 bits per heavy atom. The summed E-state index contributed by atoms with van der Waals surface area (Å²) in [6.07, 6.45) is 0. The molecule has 1 amide bonds. The van der Waals surface area contributed by atoms with E-state index < -0.39 is 6.04 Å². The molecule has 35 heavy (non-hydrogen) atoms. The van der Waals surface area contributed by atoms with Gasteiger partial charge in [0.15, 0.2) is 11.5 Å². The zero-order chi connectivity index (χ0) is 24.7. The number of anilines is 1. The van der Waals surface area contributed by atoms with Gasteiger partial charge < -0.3 is 19.9 Å². The molecule has 0 saturated carbocycles. The number of benzene rings is 2. The number of hydrogen-bond donors (Lipinski definition) is 1. The van der Waals surface area contributed by atoms with Crippen LogP contribution in [0.15, 0.2) is 46.9 Å². The zero-order valence-corrected chi connectivity index (χ0v) is 21.8. The van der Waals surface area contributed by atoms with Crippen molar-refractivity contribution in [3.63, 3.8) is 0 Å². The highest BCUT2D eigenvalue weighted by molar-refractivity contribution is 9.10. The van der Waals surface area contributed by atoms with E-state index in [0.29, 0.717) is 36.6 Å². The first-order chi connectivity index (χ1) is 16.9. The molecule has 1 N–H and O–H groups in total. The van der Waals surface area contributed by atoms with E-state index in [0.717, 1.165) is 33.2 Å². The van der Waals surface area contributed by atoms with E-state index in [1.54, 1.807) is 11.6 Å². The largest absolute Gasteiger partial charge is 0.497 e. The topological polar surface area (TPSA) is 87.9 Å². The number of nitrogens with zero attached hydrogens (tertiary/aromatic N) is 6. The molecule has 2 aromatic carbocycles. The van der Waals surface area contributed by atoms with Gasteiger partial charge in [0.05, 0.1) is 12.6 Å². The molecule has 0 bridgehead atoms. The van der Waals surface area contributed by atoms with E-state index in [9.17, 15) is 4.79 Å². The summed E-state index contributed by atoms with van der Waals surface area (Å²) in [6, 6.07) is 13.3. The van der Waals surface area contributed by atoms with E-state index in [1.165, 1.54) is 0 Å². The van der Waals surface area contributed by atoms with Crippen LogP contribution in [0.25, 0.3) is 27.9 Å². The van der Waals surface area contributed by atoms with Crippen molar-refractivity contribution in [1.29, 1.82) is 0 Å². The Kier molecular flexibility index (Phi) is 6.33. The van der Waals surface area contributed by atoms with Crippen molar-refractivity contribution in [2.45, 2.75) is 25.9 Å². The van der Waals surface area contributed by atoms with Gasteiger partial charge in [-0.15, -0.1) is 5.10 Å². The van der Waals surface area contributed by atoms with Gasteiger partial charge in [0.2, 0.25) is 11.9 Å². The van der Waals surface area contributed by atoms with Crippen LogP contribution in [0, 0.1) is 0 Å². The number of para-hydroxylation sites is 1. The number of carbonyl (C=O) groups is 1. The quantitative estimate of drug-likeness (QED) is 0.415. The van der Waals surface area contributed by atoms with Gasteiger partial charge in [-0.3, -0.25) is 4.79 Å². The molecule has 5 rings (SSSR count). The minimum absolute atomic E-state index is 0.0441. The number of hydrogen-bond acceptors (Lipinski definition) is 7. The summed E-state index contributed by atoms with van der Waals surface area (Å²) in [5, 5.41) is 8.94. The molecule has 10 heteroatoms. The number of methoxy groups -OCH3 is 1. The fraction of sp³-hybridized carbons (Fsp3) is 0.360. The van der Waals surface area contributed by atoms with Gasteiger partial charge in [0.1, 0.15) is 11.8 Å². The number of aromatic nitrogens is 4. The lowest BCUT2D eigenvalue weighted by molar-refractivity contribution is -0.134. The van der Waals surface area contributed by atoms with Crippen LogP contribution in [0.1, 0.15) is 13.8 Å². The van der Waals surface area contributed by atoms with Crippen LogP contribution in [-0.4, -0.2) is 81.2 Å². The molecule has 1 fully saturated rings. The van der Waals surface area contributed by atoms with Crippen LogP contribution >= 0.6 is 15.9 Å². The fourth-order valence-electron chi connectivity index (χ4n) is 4.33. The number of rotatable bonds is 5. The molecule has 0 aliphatic carbocycles. The Bertz CT molecular complexity index is 1390. The minimum Gasteiger partial charge on any atom is -0.497 e. The minimum atomic E-state index is -0.477. The highest BCUT2D eigenvalue weighted by atomic mass is 79.9. The molecule has 0 radical (unpaired) electrons. The highest BCUT2D eigenvalue weighted by Crippen LogP contribution is 2.29. The summed E-state index contributed by atoms with van der Waals surface area (Å²) < 4.78 is 7.81. The third kappa shape index (κ3) is 4.43. The number of carbonyl (C=O) groups excluding carboxylic acids is 1. The number of ether oxygens (including phenoxy) is 1. The van der Waals surface area contributed by atoms with E-state index in [1.807, 2.05) is 54.3 Å². The number of piperazine rings is 1. The lowest BCUT2D eigenvalue weighted by Crippen LogP contribution is -2.54. The number of fused-ring (bicyclic) bond motifs is 3. The van der Waals surface area contributed by atoms with E-state index in [2.05, 4.69) is 40.1 Å². The number of likely N-dealkylation sites (N-methyl/N-ethyl adjacent to an activating group) is 1. The number of amides is 1. The van der Waals surface area contributed by atoms with Crippen molar-refractivity contribution in [2.24, 2.45) is 0 Å². The molecule has 1 saturated heterocycles. The standard InChI is InChI=1S/C25H28BrN7O2/c1-15-14-32(13-12-31(15)3)24(34)16(2)27-25-28-21-19(6-5-7-20(21)26)23-29-22(30-33(23)25)17-8-10-18(35-4)11-9-17/h5-11,15-16H,12-14H2,1-4H3,(H,27,28)/t15-,16-/m1/s1. The predicted octanol–water partition coefficient (Wildman–Crippen LogP) is 3.68. The Balaban J connectivity index is 1.54. The average molecular weight is 538 g/mol. The van der Waals surface area contributed by atoms with Crippen LogP contribution in [0.2, 0.25) is 0 Å². The first kappa shape index (κ1) is 23.5. The first-order valence-electron chi connectivity index (χ1n) is 11.6. The average Bonchev–Trinajstić information content (AvgIpc) is 3.32. The van der Waals surface area contributed by atoms with Crippen LogP contribution in [-0.2, 0) is 4.79 Å². The Morgan fingerprint density at radius 1 is 1.17 bits per heavy atom. The molecular formula is C25H28BrN7O2. The molecular weight excluding hydrogens is 510 g/mol. The Labute approximate surface area is 212 Å². The molecule has 3 heterocycles. The summed E-state index contributed by atoms with van der Waals surface area (Å²) in [6.45, 7) is 6.28. The Morgan fingerprint density at radius 3 is 2.66 bits per heavy atom. The van der Waals surface area contributed by atoms with Crippen molar-refractivity contribution in [1.82, 2.24) is 29.4 Å². The van der Waals surface area contributed by atoms with E-state index in [-0.39, 0.29) is 5.91 Å². The second kappa shape index (κ2) is 9.43. The third-order valence-electron chi connectivity index (χ3n) is 6.59.